The second-order valence-corrected chi connectivity index (χ2v) is 9.07. The van der Waals surface area contributed by atoms with Crippen molar-refractivity contribution in [1.29, 1.82) is 0 Å². The molecule has 1 aliphatic rings. The number of halogens is 2. The van der Waals surface area contributed by atoms with Gasteiger partial charge in [-0.1, -0.05) is 54.2 Å². The van der Waals surface area contributed by atoms with Crippen molar-refractivity contribution in [2.45, 2.75) is 10.4 Å². The zero-order chi connectivity index (χ0) is 24.4. The van der Waals surface area contributed by atoms with Gasteiger partial charge in [0.2, 0.25) is 5.91 Å². The highest BCUT2D eigenvalue weighted by Crippen LogP contribution is 2.37. The smallest absolute Gasteiger partial charge is 0.266 e. The first-order valence-electron chi connectivity index (χ1n) is 11.1. The molecular formula is C26H21F2N3O3S. The predicted molar refractivity (Wildman–Crippen MR) is 130 cm³/mol. The van der Waals surface area contributed by atoms with Crippen molar-refractivity contribution >= 4 is 28.6 Å². The lowest BCUT2D eigenvalue weighted by atomic mass is 10.1. The van der Waals surface area contributed by atoms with Crippen LogP contribution in [-0.2, 0) is 9.53 Å². The van der Waals surface area contributed by atoms with Crippen LogP contribution < -0.4 is 5.56 Å². The van der Waals surface area contributed by atoms with Gasteiger partial charge in [-0.2, -0.15) is 0 Å². The number of aromatic nitrogens is 2. The molecule has 0 bridgehead atoms. The molecule has 2 heterocycles. The number of hydrogen-bond acceptors (Lipinski definition) is 5. The third-order valence-corrected chi connectivity index (χ3v) is 6.96. The minimum absolute atomic E-state index is 0.134. The highest BCUT2D eigenvalue weighted by Gasteiger charge is 2.30. The van der Waals surface area contributed by atoms with E-state index in [9.17, 15) is 18.4 Å². The van der Waals surface area contributed by atoms with Gasteiger partial charge in [-0.3, -0.25) is 14.2 Å². The van der Waals surface area contributed by atoms with Gasteiger partial charge in [0.1, 0.15) is 16.9 Å². The minimum atomic E-state index is -0.901. The molecule has 9 heteroatoms. The predicted octanol–water partition coefficient (Wildman–Crippen LogP) is 4.36. The van der Waals surface area contributed by atoms with Gasteiger partial charge < -0.3 is 9.64 Å². The first-order valence-corrected chi connectivity index (χ1v) is 12.0. The van der Waals surface area contributed by atoms with Gasteiger partial charge in [0.25, 0.3) is 5.56 Å². The van der Waals surface area contributed by atoms with E-state index in [-0.39, 0.29) is 22.1 Å². The van der Waals surface area contributed by atoms with Crippen LogP contribution in [0, 0.1) is 11.6 Å². The maximum atomic E-state index is 14.9. The second-order valence-electron chi connectivity index (χ2n) is 7.99. The van der Waals surface area contributed by atoms with Gasteiger partial charge in [-0.05, 0) is 29.8 Å². The average Bonchev–Trinajstić information content (AvgIpc) is 2.89. The van der Waals surface area contributed by atoms with Crippen molar-refractivity contribution < 1.29 is 18.3 Å². The van der Waals surface area contributed by atoms with Crippen LogP contribution in [0.5, 0.6) is 0 Å². The van der Waals surface area contributed by atoms with Crippen molar-refractivity contribution in [3.8, 4) is 5.69 Å². The molecule has 6 nitrogen and oxygen atoms in total. The van der Waals surface area contributed by atoms with E-state index in [1.807, 2.05) is 30.3 Å². The molecule has 0 aliphatic carbocycles. The van der Waals surface area contributed by atoms with E-state index in [2.05, 4.69) is 4.98 Å². The summed E-state index contributed by atoms with van der Waals surface area (Å²) in [6.07, 6.45) is 0. The SMILES string of the molecule is O=C(C(Sc1nc2ccccc2c(=O)n1-c1ccc(F)cc1F)c1ccccc1)N1CCOCC1. The topological polar surface area (TPSA) is 64.4 Å². The molecule has 178 valence electrons. The number of thioether (sulfide) groups is 1. The standard InChI is InChI=1S/C26H21F2N3O3S/c27-18-10-11-22(20(28)16-18)31-24(32)19-8-4-5-9-21(19)29-26(31)35-23(17-6-2-1-3-7-17)25(33)30-12-14-34-15-13-30/h1-11,16,23H,12-15H2. The van der Waals surface area contributed by atoms with Gasteiger partial charge in [-0.15, -0.1) is 0 Å². The summed E-state index contributed by atoms with van der Waals surface area (Å²) < 4.78 is 35.0. The molecule has 35 heavy (non-hydrogen) atoms. The summed E-state index contributed by atoms with van der Waals surface area (Å²) in [7, 11) is 0. The largest absolute Gasteiger partial charge is 0.378 e. The molecule has 1 saturated heterocycles. The highest BCUT2D eigenvalue weighted by atomic mass is 32.2. The summed E-state index contributed by atoms with van der Waals surface area (Å²) >= 11 is 1.07. The molecule has 1 fully saturated rings. The van der Waals surface area contributed by atoms with Crippen LogP contribution in [-0.4, -0.2) is 46.7 Å². The number of ether oxygens (including phenoxy) is 1. The fourth-order valence-electron chi connectivity index (χ4n) is 4.01. The van der Waals surface area contributed by atoms with Crippen molar-refractivity contribution in [2.75, 3.05) is 26.3 Å². The molecule has 1 aliphatic heterocycles. The number of morpholine rings is 1. The first kappa shape index (κ1) is 23.2. The van der Waals surface area contributed by atoms with E-state index >= 15 is 0 Å². The van der Waals surface area contributed by atoms with Gasteiger partial charge in [0.15, 0.2) is 5.16 Å². The van der Waals surface area contributed by atoms with Crippen LogP contribution in [0.1, 0.15) is 10.8 Å². The molecular weight excluding hydrogens is 472 g/mol. The van der Waals surface area contributed by atoms with Gasteiger partial charge >= 0.3 is 0 Å². The number of rotatable bonds is 5. The molecule has 0 radical (unpaired) electrons. The fourth-order valence-corrected chi connectivity index (χ4v) is 5.20. The molecule has 4 aromatic rings. The number of fused-ring (bicyclic) bond motifs is 1. The number of para-hydroxylation sites is 1. The van der Waals surface area contributed by atoms with Crippen LogP contribution in [0.4, 0.5) is 8.78 Å². The van der Waals surface area contributed by atoms with Crippen LogP contribution in [0.2, 0.25) is 0 Å². The number of benzene rings is 3. The lowest BCUT2D eigenvalue weighted by Crippen LogP contribution is -2.42. The van der Waals surface area contributed by atoms with Crippen molar-refractivity contribution in [2.24, 2.45) is 0 Å². The first-order chi connectivity index (χ1) is 17.0. The summed E-state index contributed by atoms with van der Waals surface area (Å²) in [6, 6.07) is 18.9. The second kappa shape index (κ2) is 9.97. The lowest BCUT2D eigenvalue weighted by molar-refractivity contribution is -0.134. The number of carbonyl (C=O) groups excluding carboxylic acids is 1. The van der Waals surface area contributed by atoms with Crippen LogP contribution in [0.15, 0.2) is 82.7 Å². The maximum absolute atomic E-state index is 14.9. The Morgan fingerprint density at radius 1 is 0.971 bits per heavy atom. The Morgan fingerprint density at radius 3 is 2.43 bits per heavy atom. The highest BCUT2D eigenvalue weighted by molar-refractivity contribution is 8.00. The average molecular weight is 494 g/mol. The number of nitrogens with zero attached hydrogens (tertiary/aromatic N) is 3. The van der Waals surface area contributed by atoms with Crippen molar-refractivity contribution in [3.63, 3.8) is 0 Å². The summed E-state index contributed by atoms with van der Waals surface area (Å²) in [4.78, 5) is 33.5. The summed E-state index contributed by atoms with van der Waals surface area (Å²) in [5, 5.41) is -0.317. The molecule has 1 unspecified atom stereocenters. The van der Waals surface area contributed by atoms with Crippen molar-refractivity contribution in [3.05, 3.63) is 100 Å². The van der Waals surface area contributed by atoms with Gasteiger partial charge in [0.05, 0.1) is 29.8 Å². The van der Waals surface area contributed by atoms with E-state index in [1.165, 1.54) is 6.07 Å². The molecule has 0 saturated carbocycles. The van der Waals surface area contributed by atoms with Crippen molar-refractivity contribution in [1.82, 2.24) is 14.5 Å². The quantitative estimate of drug-likeness (QED) is 0.306. The Kier molecular flexibility index (Phi) is 6.61. The minimum Gasteiger partial charge on any atom is -0.378 e. The Labute approximate surface area is 204 Å². The summed E-state index contributed by atoms with van der Waals surface area (Å²) in [5.74, 6) is -1.81. The zero-order valence-electron chi connectivity index (χ0n) is 18.6. The molecule has 0 N–H and O–H groups in total. The Hall–Kier alpha value is -3.56. The zero-order valence-corrected chi connectivity index (χ0v) is 19.4. The molecule has 1 atom stereocenters. The lowest BCUT2D eigenvalue weighted by Gasteiger charge is -2.30. The van der Waals surface area contributed by atoms with Crippen LogP contribution in [0.25, 0.3) is 16.6 Å². The molecule has 1 amide bonds. The third-order valence-electron chi connectivity index (χ3n) is 5.77. The van der Waals surface area contributed by atoms with Crippen LogP contribution in [0.3, 0.4) is 0 Å². The van der Waals surface area contributed by atoms with Crippen LogP contribution >= 0.6 is 11.8 Å². The van der Waals surface area contributed by atoms with E-state index in [4.69, 9.17) is 4.74 Å². The number of carbonyl (C=O) groups is 1. The normalized spacial score (nSPS) is 14.7. The molecule has 3 aromatic carbocycles. The summed E-state index contributed by atoms with van der Waals surface area (Å²) in [5.41, 5.74) is 0.504. The van der Waals surface area contributed by atoms with Gasteiger partial charge in [-0.25, -0.2) is 13.8 Å². The fraction of sp³-hybridized carbons (Fsp3) is 0.192. The molecule has 1 aromatic heterocycles. The number of amides is 1. The third kappa shape index (κ3) is 4.69. The number of hydrogen-bond donors (Lipinski definition) is 0. The Bertz CT molecular complexity index is 1440. The molecule has 0 spiro atoms. The van der Waals surface area contributed by atoms with E-state index < -0.39 is 22.4 Å². The molecule has 5 rings (SSSR count). The Balaban J connectivity index is 1.68. The van der Waals surface area contributed by atoms with E-state index in [1.54, 1.807) is 29.2 Å². The van der Waals surface area contributed by atoms with Gasteiger partial charge in [0, 0.05) is 19.2 Å². The maximum Gasteiger partial charge on any atom is 0.266 e. The summed E-state index contributed by atoms with van der Waals surface area (Å²) in [6.45, 7) is 1.79. The van der Waals surface area contributed by atoms with E-state index in [0.29, 0.717) is 31.8 Å². The monoisotopic (exact) mass is 493 g/mol. The Morgan fingerprint density at radius 2 is 1.69 bits per heavy atom. The van der Waals surface area contributed by atoms with E-state index in [0.717, 1.165) is 34.0 Å².